The predicted molar refractivity (Wildman–Crippen MR) is 123 cm³/mol. The lowest BCUT2D eigenvalue weighted by Gasteiger charge is -2.30. The molecule has 1 saturated carbocycles. The number of aliphatic carboxylic acids is 1. The Morgan fingerprint density at radius 1 is 1.06 bits per heavy atom. The number of carboxylic acids is 1. The number of carboxylic acid groups (broad SMARTS) is 1. The summed E-state index contributed by atoms with van der Waals surface area (Å²) in [5, 5.41) is 9.16. The molecule has 3 aliphatic rings. The predicted octanol–water partition coefficient (Wildman–Crippen LogP) is 4.66. The number of nitrogens with zero attached hydrogens (tertiary/aromatic N) is 2. The fraction of sp³-hybridized carbons (Fsp3) is 0.692. The Balaban J connectivity index is 1.30. The van der Waals surface area contributed by atoms with E-state index in [-0.39, 0.29) is 12.0 Å². The summed E-state index contributed by atoms with van der Waals surface area (Å²) in [4.78, 5) is 28.6. The smallest absolute Gasteiger partial charge is 0.306 e. The maximum absolute atomic E-state index is 13.0. The third kappa shape index (κ3) is 5.49. The number of amides is 1. The number of piperidine rings is 1. The lowest BCUT2D eigenvalue weighted by Crippen LogP contribution is -2.37. The molecule has 5 heteroatoms. The maximum atomic E-state index is 13.0. The number of hydrogen-bond donors (Lipinski definition) is 1. The molecular weight excluding hydrogens is 388 g/mol. The van der Waals surface area contributed by atoms with Crippen LogP contribution in [0.5, 0.6) is 0 Å². The highest BCUT2D eigenvalue weighted by molar-refractivity contribution is 5.96. The van der Waals surface area contributed by atoms with Crippen LogP contribution in [-0.4, -0.2) is 47.6 Å². The van der Waals surface area contributed by atoms with Crippen LogP contribution in [0.4, 0.5) is 5.69 Å². The van der Waals surface area contributed by atoms with Gasteiger partial charge in [0.1, 0.15) is 0 Å². The minimum absolute atomic E-state index is 0.167. The zero-order valence-corrected chi connectivity index (χ0v) is 19.0. The summed E-state index contributed by atoms with van der Waals surface area (Å²) in [6.07, 6.45) is 11.8. The van der Waals surface area contributed by atoms with Crippen molar-refractivity contribution in [3.05, 3.63) is 29.3 Å². The number of benzene rings is 1. The van der Waals surface area contributed by atoms with E-state index >= 15 is 0 Å². The summed E-state index contributed by atoms with van der Waals surface area (Å²) in [6.45, 7) is 4.90. The van der Waals surface area contributed by atoms with Gasteiger partial charge in [0.2, 0.25) is 5.91 Å². The number of carbonyl (C=O) groups is 2. The fourth-order valence-corrected chi connectivity index (χ4v) is 5.83. The molecule has 1 unspecified atom stereocenters. The molecule has 2 aliphatic heterocycles. The van der Waals surface area contributed by atoms with Gasteiger partial charge in [-0.2, -0.15) is 0 Å². The highest BCUT2D eigenvalue weighted by Gasteiger charge is 2.31. The average Bonchev–Trinajstić information content (AvgIpc) is 3.12. The van der Waals surface area contributed by atoms with E-state index in [2.05, 4.69) is 34.9 Å². The lowest BCUT2D eigenvalue weighted by atomic mass is 9.86. The summed E-state index contributed by atoms with van der Waals surface area (Å²) in [6, 6.07) is 6.88. The zero-order valence-electron chi connectivity index (χ0n) is 19.0. The fourth-order valence-electron chi connectivity index (χ4n) is 5.83. The highest BCUT2D eigenvalue weighted by atomic mass is 16.4. The van der Waals surface area contributed by atoms with Crippen molar-refractivity contribution in [1.82, 2.24) is 4.90 Å². The van der Waals surface area contributed by atoms with E-state index in [0.29, 0.717) is 12.3 Å². The van der Waals surface area contributed by atoms with Gasteiger partial charge >= 0.3 is 5.97 Å². The molecule has 0 bridgehead atoms. The molecule has 31 heavy (non-hydrogen) atoms. The number of hydrogen-bond acceptors (Lipinski definition) is 3. The first-order chi connectivity index (χ1) is 15.0. The second-order valence-electron chi connectivity index (χ2n) is 10.0. The molecule has 1 saturated heterocycles. The van der Waals surface area contributed by atoms with Gasteiger partial charge < -0.3 is 14.9 Å². The van der Waals surface area contributed by atoms with Crippen LogP contribution in [0.25, 0.3) is 0 Å². The standard InChI is InChI=1S/C26H38N2O3/c1-19-17-23-18-21(11-14-27-15-12-22(13-16-27)26(30)31)7-9-24(23)28(19)25(29)10-8-20-5-3-2-4-6-20/h7,9,18-20,22H,2-6,8,10-17H2,1H3,(H,30,31). The van der Waals surface area contributed by atoms with Gasteiger partial charge in [-0.3, -0.25) is 9.59 Å². The molecule has 4 rings (SSSR count). The Morgan fingerprint density at radius 2 is 1.81 bits per heavy atom. The van der Waals surface area contributed by atoms with Gasteiger partial charge in [-0.1, -0.05) is 44.2 Å². The maximum Gasteiger partial charge on any atom is 0.306 e. The SMILES string of the molecule is CC1Cc2cc(CCN3CCC(C(=O)O)CC3)ccc2N1C(=O)CCC1CCCCC1. The van der Waals surface area contributed by atoms with Crippen LogP contribution in [0, 0.1) is 11.8 Å². The average molecular weight is 427 g/mol. The summed E-state index contributed by atoms with van der Waals surface area (Å²) < 4.78 is 0. The van der Waals surface area contributed by atoms with Crippen LogP contribution >= 0.6 is 0 Å². The van der Waals surface area contributed by atoms with Crippen molar-refractivity contribution >= 4 is 17.6 Å². The minimum Gasteiger partial charge on any atom is -0.481 e. The molecule has 2 fully saturated rings. The molecular formula is C26H38N2O3. The Morgan fingerprint density at radius 3 is 2.52 bits per heavy atom. The van der Waals surface area contributed by atoms with Crippen molar-refractivity contribution in [2.24, 2.45) is 11.8 Å². The highest BCUT2D eigenvalue weighted by Crippen LogP contribution is 2.35. The third-order valence-electron chi connectivity index (χ3n) is 7.77. The van der Waals surface area contributed by atoms with Crippen molar-refractivity contribution < 1.29 is 14.7 Å². The molecule has 2 heterocycles. The molecule has 0 spiro atoms. The van der Waals surface area contributed by atoms with Crippen LogP contribution in [0.3, 0.4) is 0 Å². The second-order valence-corrected chi connectivity index (χ2v) is 10.0. The molecule has 1 atom stereocenters. The number of carbonyl (C=O) groups excluding carboxylic acids is 1. The molecule has 1 aromatic rings. The minimum atomic E-state index is -0.648. The van der Waals surface area contributed by atoms with Gasteiger partial charge in [-0.05, 0) is 75.2 Å². The Hall–Kier alpha value is -1.88. The number of anilines is 1. The van der Waals surface area contributed by atoms with Gasteiger partial charge in [-0.15, -0.1) is 0 Å². The van der Waals surface area contributed by atoms with Gasteiger partial charge in [0, 0.05) is 24.7 Å². The van der Waals surface area contributed by atoms with Crippen LogP contribution in [-0.2, 0) is 22.4 Å². The Bertz CT molecular complexity index is 779. The van der Waals surface area contributed by atoms with Crippen LogP contribution in [0.1, 0.15) is 75.8 Å². The van der Waals surface area contributed by atoms with Crippen molar-refractivity contribution in [2.75, 3.05) is 24.5 Å². The van der Waals surface area contributed by atoms with Crippen molar-refractivity contribution in [3.63, 3.8) is 0 Å². The number of likely N-dealkylation sites (tertiary alicyclic amines) is 1. The van der Waals surface area contributed by atoms with Crippen LogP contribution in [0.2, 0.25) is 0 Å². The van der Waals surface area contributed by atoms with Crippen molar-refractivity contribution in [1.29, 1.82) is 0 Å². The molecule has 1 amide bonds. The quantitative estimate of drug-likeness (QED) is 0.689. The summed E-state index contributed by atoms with van der Waals surface area (Å²) >= 11 is 0. The molecule has 1 aliphatic carbocycles. The second kappa shape index (κ2) is 10.2. The van der Waals surface area contributed by atoms with E-state index < -0.39 is 5.97 Å². The summed E-state index contributed by atoms with van der Waals surface area (Å²) in [7, 11) is 0. The van der Waals surface area contributed by atoms with E-state index in [1.54, 1.807) is 0 Å². The molecule has 1 aromatic carbocycles. The van der Waals surface area contributed by atoms with E-state index in [1.807, 2.05) is 0 Å². The van der Waals surface area contributed by atoms with Gasteiger partial charge in [0.15, 0.2) is 0 Å². The van der Waals surface area contributed by atoms with Crippen LogP contribution < -0.4 is 4.90 Å². The number of rotatable bonds is 7. The third-order valence-corrected chi connectivity index (χ3v) is 7.77. The Labute approximate surface area is 186 Å². The van der Waals surface area contributed by atoms with Gasteiger partial charge in [0.25, 0.3) is 0 Å². The first kappa shape index (κ1) is 22.3. The normalized spacial score (nSPS) is 23.1. The first-order valence-electron chi connectivity index (χ1n) is 12.4. The molecule has 5 nitrogen and oxygen atoms in total. The van der Waals surface area contributed by atoms with E-state index in [9.17, 15) is 9.59 Å². The van der Waals surface area contributed by atoms with E-state index in [1.165, 1.54) is 43.2 Å². The number of fused-ring (bicyclic) bond motifs is 1. The molecule has 0 aromatic heterocycles. The molecule has 170 valence electrons. The van der Waals surface area contributed by atoms with E-state index in [0.717, 1.165) is 63.3 Å². The topological polar surface area (TPSA) is 60.9 Å². The monoisotopic (exact) mass is 426 g/mol. The molecule has 0 radical (unpaired) electrons. The zero-order chi connectivity index (χ0) is 21.8. The van der Waals surface area contributed by atoms with E-state index in [4.69, 9.17) is 5.11 Å². The molecule has 1 N–H and O–H groups in total. The Kier molecular flexibility index (Phi) is 7.31. The lowest BCUT2D eigenvalue weighted by molar-refractivity contribution is -0.143. The van der Waals surface area contributed by atoms with Gasteiger partial charge in [-0.25, -0.2) is 0 Å². The largest absolute Gasteiger partial charge is 0.481 e. The van der Waals surface area contributed by atoms with Crippen molar-refractivity contribution in [3.8, 4) is 0 Å². The van der Waals surface area contributed by atoms with Gasteiger partial charge in [0.05, 0.1) is 5.92 Å². The van der Waals surface area contributed by atoms with Crippen molar-refractivity contribution in [2.45, 2.75) is 83.6 Å². The summed E-state index contributed by atoms with van der Waals surface area (Å²) in [5.41, 5.74) is 3.75. The first-order valence-corrected chi connectivity index (χ1v) is 12.4. The summed E-state index contributed by atoms with van der Waals surface area (Å²) in [5.74, 6) is 0.230. The van der Waals surface area contributed by atoms with Crippen LogP contribution in [0.15, 0.2) is 18.2 Å².